The van der Waals surface area contributed by atoms with Gasteiger partial charge in [-0.2, -0.15) is 0 Å². The van der Waals surface area contributed by atoms with Crippen molar-refractivity contribution < 1.29 is 5.11 Å². The monoisotopic (exact) mass is 269 g/mol. The Balaban J connectivity index is 1.80. The Hall–Kier alpha value is -0.160. The zero-order valence-electron chi connectivity index (χ0n) is 12.6. The van der Waals surface area contributed by atoms with E-state index >= 15 is 0 Å². The standard InChI is InChI=1S/C15H31N3O/c1-13(10-15(2,19)12-16)18-9-6-14(11-18)17-7-4-3-5-8-17/h13-14,19H,3-12,16H2,1-2H3. The lowest BCUT2D eigenvalue weighted by atomic mass is 9.97. The van der Waals surface area contributed by atoms with Gasteiger partial charge in [-0.25, -0.2) is 0 Å². The molecule has 3 N–H and O–H groups in total. The maximum absolute atomic E-state index is 10.1. The van der Waals surface area contributed by atoms with Gasteiger partial charge in [-0.05, 0) is 52.6 Å². The van der Waals surface area contributed by atoms with E-state index in [9.17, 15) is 5.11 Å². The highest BCUT2D eigenvalue weighted by Gasteiger charge is 2.33. The van der Waals surface area contributed by atoms with Gasteiger partial charge in [-0.1, -0.05) is 6.42 Å². The van der Waals surface area contributed by atoms with E-state index in [2.05, 4.69) is 16.7 Å². The largest absolute Gasteiger partial charge is 0.389 e. The molecule has 3 atom stereocenters. The molecule has 0 spiro atoms. The molecule has 0 amide bonds. The van der Waals surface area contributed by atoms with Crippen LogP contribution in [0.1, 0.15) is 46.0 Å². The van der Waals surface area contributed by atoms with Gasteiger partial charge in [0.05, 0.1) is 5.60 Å². The third-order valence-corrected chi connectivity index (χ3v) is 4.90. The Morgan fingerprint density at radius 2 is 1.95 bits per heavy atom. The molecular weight excluding hydrogens is 238 g/mol. The number of hydrogen-bond acceptors (Lipinski definition) is 4. The van der Waals surface area contributed by atoms with Crippen molar-refractivity contribution in [2.75, 3.05) is 32.7 Å². The van der Waals surface area contributed by atoms with Crippen LogP contribution in [-0.4, -0.2) is 65.3 Å². The van der Waals surface area contributed by atoms with Gasteiger partial charge in [-0.3, -0.25) is 9.80 Å². The summed E-state index contributed by atoms with van der Waals surface area (Å²) in [4.78, 5) is 5.21. The third-order valence-electron chi connectivity index (χ3n) is 4.90. The summed E-state index contributed by atoms with van der Waals surface area (Å²) in [5.74, 6) is 0. The SMILES string of the molecule is CC(CC(C)(O)CN)N1CCC(N2CCCCC2)C1. The second kappa shape index (κ2) is 6.53. The van der Waals surface area contributed by atoms with Crippen LogP contribution in [0.4, 0.5) is 0 Å². The molecule has 0 saturated carbocycles. The fourth-order valence-corrected chi connectivity index (χ4v) is 3.60. The fourth-order valence-electron chi connectivity index (χ4n) is 3.60. The van der Waals surface area contributed by atoms with Crippen molar-refractivity contribution in [3.8, 4) is 0 Å². The lowest BCUT2D eigenvalue weighted by molar-refractivity contribution is 0.0314. The van der Waals surface area contributed by atoms with Gasteiger partial charge >= 0.3 is 0 Å². The smallest absolute Gasteiger partial charge is 0.0756 e. The van der Waals surface area contributed by atoms with Gasteiger partial charge < -0.3 is 10.8 Å². The van der Waals surface area contributed by atoms with Crippen LogP contribution in [0, 0.1) is 0 Å². The molecule has 2 saturated heterocycles. The van der Waals surface area contributed by atoms with Crippen LogP contribution in [0.3, 0.4) is 0 Å². The minimum absolute atomic E-state index is 0.348. The van der Waals surface area contributed by atoms with Crippen LogP contribution >= 0.6 is 0 Å². The minimum Gasteiger partial charge on any atom is -0.389 e. The van der Waals surface area contributed by atoms with E-state index in [1.165, 1.54) is 51.9 Å². The summed E-state index contributed by atoms with van der Waals surface area (Å²) in [7, 11) is 0. The van der Waals surface area contributed by atoms with E-state index in [0.29, 0.717) is 12.6 Å². The summed E-state index contributed by atoms with van der Waals surface area (Å²) >= 11 is 0. The average molecular weight is 269 g/mol. The van der Waals surface area contributed by atoms with Gasteiger partial charge in [-0.15, -0.1) is 0 Å². The van der Waals surface area contributed by atoms with Crippen molar-refractivity contribution in [2.24, 2.45) is 5.73 Å². The number of aliphatic hydroxyl groups is 1. The van der Waals surface area contributed by atoms with Gasteiger partial charge in [0, 0.05) is 31.7 Å². The molecule has 0 aliphatic carbocycles. The predicted molar refractivity (Wildman–Crippen MR) is 79.2 cm³/mol. The number of rotatable bonds is 5. The Morgan fingerprint density at radius 3 is 2.58 bits per heavy atom. The molecule has 2 rings (SSSR count). The Morgan fingerprint density at radius 1 is 1.26 bits per heavy atom. The quantitative estimate of drug-likeness (QED) is 0.783. The molecule has 3 unspecified atom stereocenters. The molecule has 0 aromatic heterocycles. The maximum Gasteiger partial charge on any atom is 0.0756 e. The first-order chi connectivity index (χ1) is 9.02. The molecule has 0 aromatic rings. The van der Waals surface area contributed by atoms with Crippen LogP contribution in [-0.2, 0) is 0 Å². The number of nitrogens with zero attached hydrogens (tertiary/aromatic N) is 2. The normalized spacial score (nSPS) is 31.3. The van der Waals surface area contributed by atoms with Crippen molar-refractivity contribution >= 4 is 0 Å². The first-order valence-corrected chi connectivity index (χ1v) is 7.92. The zero-order valence-corrected chi connectivity index (χ0v) is 12.6. The second-order valence-corrected chi connectivity index (χ2v) is 6.79. The van der Waals surface area contributed by atoms with Crippen molar-refractivity contribution in [1.82, 2.24) is 9.80 Å². The molecule has 2 aliphatic rings. The van der Waals surface area contributed by atoms with E-state index in [-0.39, 0.29) is 0 Å². The summed E-state index contributed by atoms with van der Waals surface area (Å²) in [6.07, 6.45) is 6.20. The lowest BCUT2D eigenvalue weighted by Gasteiger charge is -2.34. The first-order valence-electron chi connectivity index (χ1n) is 7.92. The Labute approximate surface area is 117 Å². The predicted octanol–water partition coefficient (Wildman–Crippen LogP) is 1.03. The summed E-state index contributed by atoms with van der Waals surface area (Å²) in [5, 5.41) is 10.1. The summed E-state index contributed by atoms with van der Waals surface area (Å²) < 4.78 is 0. The van der Waals surface area contributed by atoms with Crippen molar-refractivity contribution in [3.63, 3.8) is 0 Å². The third kappa shape index (κ3) is 4.15. The summed E-state index contributed by atoms with van der Waals surface area (Å²) in [6.45, 7) is 9.33. The molecular formula is C15H31N3O. The van der Waals surface area contributed by atoms with E-state index in [1.54, 1.807) is 0 Å². The van der Waals surface area contributed by atoms with Gasteiger partial charge in [0.25, 0.3) is 0 Å². The molecule has 4 nitrogen and oxygen atoms in total. The zero-order chi connectivity index (χ0) is 13.9. The molecule has 19 heavy (non-hydrogen) atoms. The highest BCUT2D eigenvalue weighted by Crippen LogP contribution is 2.24. The molecule has 0 bridgehead atoms. The second-order valence-electron chi connectivity index (χ2n) is 6.79. The molecule has 4 heteroatoms. The molecule has 0 radical (unpaired) electrons. The molecule has 0 aromatic carbocycles. The number of nitrogens with two attached hydrogens (primary N) is 1. The van der Waals surface area contributed by atoms with E-state index in [0.717, 1.165) is 12.5 Å². The van der Waals surface area contributed by atoms with E-state index in [4.69, 9.17) is 5.73 Å². The van der Waals surface area contributed by atoms with Crippen LogP contribution in [0.2, 0.25) is 0 Å². The van der Waals surface area contributed by atoms with Crippen LogP contribution in [0.15, 0.2) is 0 Å². The van der Waals surface area contributed by atoms with E-state index < -0.39 is 5.60 Å². The van der Waals surface area contributed by atoms with Crippen LogP contribution in [0.25, 0.3) is 0 Å². The highest BCUT2D eigenvalue weighted by atomic mass is 16.3. The summed E-state index contributed by atoms with van der Waals surface area (Å²) in [6, 6.07) is 1.17. The Kier molecular flexibility index (Phi) is 5.23. The first kappa shape index (κ1) is 15.2. The van der Waals surface area contributed by atoms with E-state index in [1.807, 2.05) is 6.92 Å². The topological polar surface area (TPSA) is 52.7 Å². The fraction of sp³-hybridized carbons (Fsp3) is 1.00. The van der Waals surface area contributed by atoms with Gasteiger partial charge in [0.15, 0.2) is 0 Å². The molecule has 112 valence electrons. The van der Waals surface area contributed by atoms with Crippen molar-refractivity contribution in [1.29, 1.82) is 0 Å². The molecule has 2 heterocycles. The number of piperidine rings is 1. The van der Waals surface area contributed by atoms with Crippen molar-refractivity contribution in [2.45, 2.75) is 63.6 Å². The van der Waals surface area contributed by atoms with Crippen LogP contribution in [0.5, 0.6) is 0 Å². The summed E-state index contributed by atoms with van der Waals surface area (Å²) in [5.41, 5.74) is 4.90. The number of hydrogen-bond donors (Lipinski definition) is 2. The highest BCUT2D eigenvalue weighted by molar-refractivity contribution is 4.89. The lowest BCUT2D eigenvalue weighted by Crippen LogP contribution is -2.45. The van der Waals surface area contributed by atoms with Crippen molar-refractivity contribution in [3.05, 3.63) is 0 Å². The maximum atomic E-state index is 10.1. The molecule has 2 aliphatic heterocycles. The average Bonchev–Trinajstić information content (AvgIpc) is 2.89. The Bertz CT molecular complexity index is 277. The van der Waals surface area contributed by atoms with Crippen LogP contribution < -0.4 is 5.73 Å². The number of likely N-dealkylation sites (tertiary alicyclic amines) is 2. The molecule has 2 fully saturated rings. The van der Waals surface area contributed by atoms with Gasteiger partial charge in [0.2, 0.25) is 0 Å². The minimum atomic E-state index is -0.720. The van der Waals surface area contributed by atoms with Gasteiger partial charge in [0.1, 0.15) is 0 Å².